The second kappa shape index (κ2) is 3.77. The van der Waals surface area contributed by atoms with Gasteiger partial charge in [0, 0.05) is 6.54 Å². The molecule has 1 atom stereocenters. The third-order valence-electron chi connectivity index (χ3n) is 2.51. The van der Waals surface area contributed by atoms with E-state index in [0.717, 1.165) is 0 Å². The Morgan fingerprint density at radius 2 is 2.00 bits per heavy atom. The molecule has 13 heavy (non-hydrogen) atoms. The fraction of sp³-hybridized carbons (Fsp3) is 0.778. The summed E-state index contributed by atoms with van der Waals surface area (Å²) in [6.45, 7) is 7.19. The molecule has 0 bridgehead atoms. The van der Waals surface area contributed by atoms with Gasteiger partial charge in [0.25, 0.3) is 0 Å². The predicted molar refractivity (Wildman–Crippen MR) is 49.1 cm³/mol. The second-order valence-electron chi connectivity index (χ2n) is 3.96. The molecule has 1 fully saturated rings. The van der Waals surface area contributed by atoms with Crippen LogP contribution in [0.5, 0.6) is 0 Å². The van der Waals surface area contributed by atoms with E-state index in [0.29, 0.717) is 18.4 Å². The fourth-order valence-electron chi connectivity index (χ4n) is 1.19. The largest absolute Gasteiger partial charge is 0.324 e. The van der Waals surface area contributed by atoms with E-state index in [9.17, 15) is 9.59 Å². The number of hydrogen-bond donors (Lipinski definition) is 1. The highest BCUT2D eigenvalue weighted by molar-refractivity contribution is 6.01. The number of imide groups is 1. The van der Waals surface area contributed by atoms with Crippen LogP contribution in [0.25, 0.3) is 0 Å². The molecular formula is C9H16N2O2. The summed E-state index contributed by atoms with van der Waals surface area (Å²) in [5.74, 6) is 0.765. The topological polar surface area (TPSA) is 49.4 Å². The molecule has 0 aliphatic carbocycles. The van der Waals surface area contributed by atoms with Gasteiger partial charge in [0.15, 0.2) is 0 Å². The molecule has 1 rings (SSSR count). The van der Waals surface area contributed by atoms with E-state index in [1.54, 1.807) is 4.90 Å². The van der Waals surface area contributed by atoms with Crippen molar-refractivity contribution in [2.24, 2.45) is 11.8 Å². The van der Waals surface area contributed by atoms with Crippen LogP contribution in [0.2, 0.25) is 0 Å². The van der Waals surface area contributed by atoms with Gasteiger partial charge in [0.2, 0.25) is 5.91 Å². The monoisotopic (exact) mass is 184 g/mol. The van der Waals surface area contributed by atoms with Crippen LogP contribution < -0.4 is 5.32 Å². The van der Waals surface area contributed by atoms with E-state index in [4.69, 9.17) is 0 Å². The fourth-order valence-corrected chi connectivity index (χ4v) is 1.19. The molecule has 3 amide bonds. The number of amides is 3. The van der Waals surface area contributed by atoms with Gasteiger partial charge < -0.3 is 4.90 Å². The third-order valence-corrected chi connectivity index (χ3v) is 2.51. The van der Waals surface area contributed by atoms with Crippen LogP contribution in [0.4, 0.5) is 4.79 Å². The summed E-state index contributed by atoms with van der Waals surface area (Å²) >= 11 is 0. The molecule has 4 nitrogen and oxygen atoms in total. The molecule has 0 aromatic carbocycles. The van der Waals surface area contributed by atoms with Crippen molar-refractivity contribution >= 4 is 11.9 Å². The normalized spacial score (nSPS) is 19.5. The minimum Gasteiger partial charge on any atom is -0.315 e. The van der Waals surface area contributed by atoms with E-state index >= 15 is 0 Å². The van der Waals surface area contributed by atoms with Gasteiger partial charge in [0.1, 0.15) is 6.54 Å². The van der Waals surface area contributed by atoms with E-state index in [-0.39, 0.29) is 18.5 Å². The van der Waals surface area contributed by atoms with E-state index in [2.05, 4.69) is 26.1 Å². The number of rotatable bonds is 3. The Morgan fingerprint density at radius 1 is 1.38 bits per heavy atom. The van der Waals surface area contributed by atoms with Crippen LogP contribution in [0.1, 0.15) is 20.8 Å². The summed E-state index contributed by atoms with van der Waals surface area (Å²) in [7, 11) is 0. The first kappa shape index (κ1) is 10.0. The Morgan fingerprint density at radius 3 is 2.38 bits per heavy atom. The Bertz CT molecular complexity index is 226. The molecule has 0 saturated carbocycles. The highest BCUT2D eigenvalue weighted by atomic mass is 16.2. The van der Waals surface area contributed by atoms with Crippen molar-refractivity contribution in [1.82, 2.24) is 10.2 Å². The van der Waals surface area contributed by atoms with Crippen LogP contribution >= 0.6 is 0 Å². The molecule has 0 aromatic rings. The molecule has 1 unspecified atom stereocenters. The van der Waals surface area contributed by atoms with Crippen molar-refractivity contribution in [3.05, 3.63) is 0 Å². The molecule has 0 radical (unpaired) electrons. The van der Waals surface area contributed by atoms with Crippen LogP contribution in [-0.2, 0) is 4.79 Å². The number of carbonyl (C=O) groups excluding carboxylic acids is 2. The van der Waals surface area contributed by atoms with Crippen molar-refractivity contribution in [2.75, 3.05) is 13.1 Å². The average Bonchev–Trinajstić information content (AvgIpc) is 2.30. The summed E-state index contributed by atoms with van der Waals surface area (Å²) in [4.78, 5) is 23.5. The lowest BCUT2D eigenvalue weighted by Crippen LogP contribution is -2.33. The molecule has 1 aliphatic heterocycles. The minimum atomic E-state index is -0.252. The van der Waals surface area contributed by atoms with Gasteiger partial charge in [-0.2, -0.15) is 0 Å². The van der Waals surface area contributed by atoms with Gasteiger partial charge in [-0.05, 0) is 11.8 Å². The van der Waals surface area contributed by atoms with Gasteiger partial charge in [-0.3, -0.25) is 10.1 Å². The van der Waals surface area contributed by atoms with Crippen LogP contribution in [0.3, 0.4) is 0 Å². The van der Waals surface area contributed by atoms with Crippen molar-refractivity contribution in [3.63, 3.8) is 0 Å². The van der Waals surface area contributed by atoms with E-state index in [1.165, 1.54) is 0 Å². The lowest BCUT2D eigenvalue weighted by atomic mass is 9.98. The first-order valence-corrected chi connectivity index (χ1v) is 4.59. The second-order valence-corrected chi connectivity index (χ2v) is 3.96. The maximum absolute atomic E-state index is 11.1. The van der Waals surface area contributed by atoms with E-state index < -0.39 is 0 Å². The summed E-state index contributed by atoms with van der Waals surface area (Å²) in [6.07, 6.45) is 0. The number of nitrogens with zero attached hydrogens (tertiary/aromatic N) is 1. The summed E-state index contributed by atoms with van der Waals surface area (Å²) in [5, 5.41) is 2.26. The third kappa shape index (κ3) is 2.44. The van der Waals surface area contributed by atoms with Crippen molar-refractivity contribution in [1.29, 1.82) is 0 Å². The Balaban J connectivity index is 2.46. The quantitative estimate of drug-likeness (QED) is 0.660. The number of nitrogens with one attached hydrogen (secondary N) is 1. The van der Waals surface area contributed by atoms with Crippen molar-refractivity contribution < 1.29 is 9.59 Å². The Hall–Kier alpha value is -1.06. The zero-order chi connectivity index (χ0) is 10.0. The van der Waals surface area contributed by atoms with Gasteiger partial charge in [0.05, 0.1) is 0 Å². The maximum atomic E-state index is 11.1. The molecular weight excluding hydrogens is 168 g/mol. The van der Waals surface area contributed by atoms with Gasteiger partial charge in [-0.25, -0.2) is 4.79 Å². The number of carbonyl (C=O) groups is 2. The molecule has 74 valence electrons. The minimum absolute atomic E-state index is 0.194. The molecule has 0 spiro atoms. The van der Waals surface area contributed by atoms with Gasteiger partial charge in [-0.15, -0.1) is 0 Å². The van der Waals surface area contributed by atoms with E-state index in [1.807, 2.05) is 0 Å². The predicted octanol–water partition coefficient (Wildman–Crippen LogP) is 0.830. The first-order valence-electron chi connectivity index (χ1n) is 4.59. The standard InChI is InChI=1S/C9H16N2O2/c1-6(2)7(3)4-11-5-8(12)10-9(11)13/h6-7H,4-5H2,1-3H3,(H,10,12,13). The Labute approximate surface area is 78.3 Å². The highest BCUT2D eigenvalue weighted by Crippen LogP contribution is 2.12. The smallest absolute Gasteiger partial charge is 0.315 e. The van der Waals surface area contributed by atoms with Crippen molar-refractivity contribution in [3.8, 4) is 0 Å². The molecule has 4 heteroatoms. The van der Waals surface area contributed by atoms with Crippen LogP contribution in [0, 0.1) is 11.8 Å². The lowest BCUT2D eigenvalue weighted by molar-refractivity contribution is -0.118. The van der Waals surface area contributed by atoms with Gasteiger partial charge >= 0.3 is 6.03 Å². The molecule has 1 saturated heterocycles. The summed E-state index contributed by atoms with van der Waals surface area (Å²) < 4.78 is 0. The zero-order valence-corrected chi connectivity index (χ0v) is 8.33. The first-order chi connectivity index (χ1) is 6.00. The highest BCUT2D eigenvalue weighted by Gasteiger charge is 2.27. The number of urea groups is 1. The average molecular weight is 184 g/mol. The van der Waals surface area contributed by atoms with Crippen LogP contribution in [-0.4, -0.2) is 29.9 Å². The Kier molecular flexibility index (Phi) is 2.90. The molecule has 0 aromatic heterocycles. The SMILES string of the molecule is CC(C)C(C)CN1CC(=O)NC1=O. The number of hydrogen-bond acceptors (Lipinski definition) is 2. The maximum Gasteiger partial charge on any atom is 0.324 e. The molecule has 1 heterocycles. The lowest BCUT2D eigenvalue weighted by Gasteiger charge is -2.21. The zero-order valence-electron chi connectivity index (χ0n) is 8.33. The van der Waals surface area contributed by atoms with Gasteiger partial charge in [-0.1, -0.05) is 20.8 Å². The molecule has 1 N–H and O–H groups in total. The van der Waals surface area contributed by atoms with Crippen LogP contribution in [0.15, 0.2) is 0 Å². The molecule has 1 aliphatic rings. The van der Waals surface area contributed by atoms with Crippen molar-refractivity contribution in [2.45, 2.75) is 20.8 Å². The summed E-state index contributed by atoms with van der Waals surface area (Å²) in [6, 6.07) is -0.252. The summed E-state index contributed by atoms with van der Waals surface area (Å²) in [5.41, 5.74) is 0.